The number of hydrogen-bond donors (Lipinski definition) is 0. The first-order chi connectivity index (χ1) is 5.86. The van der Waals surface area contributed by atoms with Gasteiger partial charge in [0.1, 0.15) is 5.82 Å². The largest absolute Gasteiger partial charge is 0.277 e. The van der Waals surface area contributed by atoms with Crippen LogP contribution in [0.1, 0.15) is 5.56 Å². The van der Waals surface area contributed by atoms with E-state index in [2.05, 4.69) is 4.99 Å². The van der Waals surface area contributed by atoms with Crippen LogP contribution in [0.25, 0.3) is 0 Å². The normalized spacial score (nSPS) is 16.2. The molecule has 1 aliphatic rings. The third kappa shape index (κ3) is 1.50. The van der Waals surface area contributed by atoms with Gasteiger partial charge in [-0.05, 0) is 24.3 Å². The Morgan fingerprint density at radius 3 is 2.58 bits per heavy atom. The Labute approximate surface area is 74.7 Å². The van der Waals surface area contributed by atoms with Crippen molar-refractivity contribution in [2.24, 2.45) is 4.99 Å². The first kappa shape index (κ1) is 7.80. The molecule has 0 bridgehead atoms. The molecule has 0 atom stereocenters. The summed E-state index contributed by atoms with van der Waals surface area (Å²) >= 11 is 1.73. The number of rotatable bonds is 1. The smallest absolute Gasteiger partial charge is 0.123 e. The van der Waals surface area contributed by atoms with E-state index in [1.54, 1.807) is 23.9 Å². The van der Waals surface area contributed by atoms with Crippen molar-refractivity contribution in [3.8, 4) is 0 Å². The van der Waals surface area contributed by atoms with Gasteiger partial charge in [-0.1, -0.05) is 0 Å². The first-order valence-electron chi connectivity index (χ1n) is 3.79. The molecule has 0 fully saturated rings. The molecule has 1 aliphatic heterocycles. The summed E-state index contributed by atoms with van der Waals surface area (Å²) in [6.07, 6.45) is 0. The standard InChI is InChI=1S/C9H8FNS/c10-8-3-1-7(2-4-8)9-11-5-6-12-9/h1-4H,5-6H2. The molecule has 0 radical (unpaired) electrons. The second kappa shape index (κ2) is 3.27. The molecule has 2 rings (SSSR count). The Morgan fingerprint density at radius 1 is 1.25 bits per heavy atom. The second-order valence-electron chi connectivity index (χ2n) is 2.54. The van der Waals surface area contributed by atoms with Crippen molar-refractivity contribution in [1.82, 2.24) is 0 Å². The Balaban J connectivity index is 2.28. The van der Waals surface area contributed by atoms with Crippen LogP contribution in [0.15, 0.2) is 29.3 Å². The van der Waals surface area contributed by atoms with E-state index in [1.807, 2.05) is 0 Å². The van der Waals surface area contributed by atoms with Crippen LogP contribution in [0.5, 0.6) is 0 Å². The van der Waals surface area contributed by atoms with E-state index in [0.717, 1.165) is 22.9 Å². The number of thioether (sulfide) groups is 1. The molecule has 1 aromatic rings. The van der Waals surface area contributed by atoms with E-state index in [9.17, 15) is 4.39 Å². The SMILES string of the molecule is Fc1ccc(C2=NCCS2)cc1. The van der Waals surface area contributed by atoms with Gasteiger partial charge in [-0.3, -0.25) is 4.99 Å². The summed E-state index contributed by atoms with van der Waals surface area (Å²) in [5.41, 5.74) is 1.03. The highest BCUT2D eigenvalue weighted by molar-refractivity contribution is 8.14. The van der Waals surface area contributed by atoms with Crippen molar-refractivity contribution in [2.75, 3.05) is 12.3 Å². The fourth-order valence-electron chi connectivity index (χ4n) is 1.10. The van der Waals surface area contributed by atoms with Crippen LogP contribution in [0, 0.1) is 5.82 Å². The lowest BCUT2D eigenvalue weighted by molar-refractivity contribution is 0.628. The van der Waals surface area contributed by atoms with Gasteiger partial charge >= 0.3 is 0 Å². The van der Waals surface area contributed by atoms with Crippen LogP contribution >= 0.6 is 11.8 Å². The fourth-order valence-corrected chi connectivity index (χ4v) is 1.96. The van der Waals surface area contributed by atoms with Gasteiger partial charge in [0.05, 0.1) is 5.04 Å². The maximum Gasteiger partial charge on any atom is 0.123 e. The zero-order valence-electron chi connectivity index (χ0n) is 6.46. The quantitative estimate of drug-likeness (QED) is 0.647. The second-order valence-corrected chi connectivity index (χ2v) is 3.63. The number of benzene rings is 1. The molecule has 3 heteroatoms. The van der Waals surface area contributed by atoms with Gasteiger partial charge in [-0.2, -0.15) is 0 Å². The Morgan fingerprint density at radius 2 is 2.00 bits per heavy atom. The zero-order valence-corrected chi connectivity index (χ0v) is 7.27. The predicted molar refractivity (Wildman–Crippen MR) is 50.3 cm³/mol. The summed E-state index contributed by atoms with van der Waals surface area (Å²) in [5, 5.41) is 1.04. The van der Waals surface area contributed by atoms with E-state index in [0.29, 0.717) is 0 Å². The van der Waals surface area contributed by atoms with Gasteiger partial charge in [0.2, 0.25) is 0 Å². The van der Waals surface area contributed by atoms with E-state index in [1.165, 1.54) is 12.1 Å². The molecule has 0 amide bonds. The molecule has 0 spiro atoms. The number of halogens is 1. The molecule has 0 N–H and O–H groups in total. The van der Waals surface area contributed by atoms with Crippen molar-refractivity contribution >= 4 is 16.8 Å². The molecule has 1 aromatic carbocycles. The lowest BCUT2D eigenvalue weighted by Gasteiger charge is -1.97. The maximum absolute atomic E-state index is 12.5. The molecule has 1 nitrogen and oxygen atoms in total. The number of aliphatic imine (C=N–C) groups is 1. The average Bonchev–Trinajstić information content (AvgIpc) is 2.58. The molecule has 0 unspecified atom stereocenters. The minimum absolute atomic E-state index is 0.192. The lowest BCUT2D eigenvalue weighted by Crippen LogP contribution is -1.90. The van der Waals surface area contributed by atoms with Crippen LogP contribution in [0.4, 0.5) is 4.39 Å². The summed E-state index contributed by atoms with van der Waals surface area (Å²) in [6, 6.07) is 6.48. The van der Waals surface area contributed by atoms with Gasteiger partial charge in [0.15, 0.2) is 0 Å². The summed E-state index contributed by atoms with van der Waals surface area (Å²) < 4.78 is 12.5. The van der Waals surface area contributed by atoms with Gasteiger partial charge in [0.25, 0.3) is 0 Å². The third-order valence-corrected chi connectivity index (χ3v) is 2.70. The first-order valence-corrected chi connectivity index (χ1v) is 4.78. The molecule has 0 saturated heterocycles. The number of hydrogen-bond acceptors (Lipinski definition) is 2. The molecular formula is C9H8FNS. The van der Waals surface area contributed by atoms with Gasteiger partial charge < -0.3 is 0 Å². The summed E-state index contributed by atoms with van der Waals surface area (Å²) in [4.78, 5) is 4.29. The monoisotopic (exact) mass is 181 g/mol. The minimum atomic E-state index is -0.192. The summed E-state index contributed by atoms with van der Waals surface area (Å²) in [6.45, 7) is 0.886. The third-order valence-electron chi connectivity index (χ3n) is 1.68. The molecular weight excluding hydrogens is 173 g/mol. The molecule has 1 heterocycles. The summed E-state index contributed by atoms with van der Waals surface area (Å²) in [5.74, 6) is 0.856. The lowest BCUT2D eigenvalue weighted by atomic mass is 10.2. The number of nitrogens with zero attached hydrogens (tertiary/aromatic N) is 1. The van der Waals surface area contributed by atoms with Crippen molar-refractivity contribution in [1.29, 1.82) is 0 Å². The van der Waals surface area contributed by atoms with E-state index in [4.69, 9.17) is 0 Å². The highest BCUT2D eigenvalue weighted by atomic mass is 32.2. The van der Waals surface area contributed by atoms with Crippen LogP contribution in [-0.4, -0.2) is 17.3 Å². The Bertz CT molecular complexity index is 305. The molecule has 0 aromatic heterocycles. The Kier molecular flexibility index (Phi) is 2.13. The minimum Gasteiger partial charge on any atom is -0.277 e. The van der Waals surface area contributed by atoms with Crippen LogP contribution in [-0.2, 0) is 0 Å². The highest BCUT2D eigenvalue weighted by Crippen LogP contribution is 2.18. The summed E-state index contributed by atoms with van der Waals surface area (Å²) in [7, 11) is 0. The van der Waals surface area contributed by atoms with Crippen LogP contribution < -0.4 is 0 Å². The van der Waals surface area contributed by atoms with Gasteiger partial charge in [-0.25, -0.2) is 4.39 Å². The van der Waals surface area contributed by atoms with Crippen LogP contribution in [0.2, 0.25) is 0 Å². The maximum atomic E-state index is 12.5. The predicted octanol–water partition coefficient (Wildman–Crippen LogP) is 2.32. The van der Waals surface area contributed by atoms with Crippen molar-refractivity contribution in [3.63, 3.8) is 0 Å². The van der Waals surface area contributed by atoms with Crippen molar-refractivity contribution < 1.29 is 4.39 Å². The van der Waals surface area contributed by atoms with Gasteiger partial charge in [0, 0.05) is 17.9 Å². The highest BCUT2D eigenvalue weighted by Gasteiger charge is 2.08. The van der Waals surface area contributed by atoms with E-state index < -0.39 is 0 Å². The average molecular weight is 181 g/mol. The van der Waals surface area contributed by atoms with Crippen LogP contribution in [0.3, 0.4) is 0 Å². The zero-order chi connectivity index (χ0) is 8.39. The van der Waals surface area contributed by atoms with Crippen molar-refractivity contribution in [2.45, 2.75) is 0 Å². The topological polar surface area (TPSA) is 12.4 Å². The molecule has 0 aliphatic carbocycles. The Hall–Kier alpha value is -0.830. The molecule has 62 valence electrons. The fraction of sp³-hybridized carbons (Fsp3) is 0.222. The van der Waals surface area contributed by atoms with Gasteiger partial charge in [-0.15, -0.1) is 11.8 Å². The van der Waals surface area contributed by atoms with Crippen molar-refractivity contribution in [3.05, 3.63) is 35.6 Å². The van der Waals surface area contributed by atoms with E-state index >= 15 is 0 Å². The molecule has 0 saturated carbocycles. The molecule has 12 heavy (non-hydrogen) atoms. The van der Waals surface area contributed by atoms with E-state index in [-0.39, 0.29) is 5.82 Å².